The summed E-state index contributed by atoms with van der Waals surface area (Å²) in [7, 11) is -2.16. The summed E-state index contributed by atoms with van der Waals surface area (Å²) in [6.07, 6.45) is 0. The van der Waals surface area contributed by atoms with E-state index in [0.29, 0.717) is 34.4 Å². The van der Waals surface area contributed by atoms with Gasteiger partial charge in [-0.3, -0.25) is 0 Å². The number of hydrogen-bond acceptors (Lipinski definition) is 3. The predicted octanol–water partition coefficient (Wildman–Crippen LogP) is 3.83. The van der Waals surface area contributed by atoms with Crippen LogP contribution in [0.15, 0.2) is 65.6 Å². The molecule has 0 aliphatic heterocycles. The van der Waals surface area contributed by atoms with E-state index in [9.17, 15) is 8.42 Å². The van der Waals surface area contributed by atoms with Gasteiger partial charge in [0, 0.05) is 17.7 Å². The Bertz CT molecular complexity index is 1080. The topological polar surface area (TPSA) is 72.2 Å². The Morgan fingerprint density at radius 2 is 1.67 bits per heavy atom. The van der Waals surface area contributed by atoms with Crippen molar-refractivity contribution in [2.75, 3.05) is 7.05 Å². The minimum atomic E-state index is -3.91. The van der Waals surface area contributed by atoms with E-state index in [2.05, 4.69) is 5.32 Å². The highest BCUT2D eigenvalue weighted by atomic mass is 32.2. The van der Waals surface area contributed by atoms with E-state index in [-0.39, 0.29) is 10.7 Å². The molecule has 4 nitrogen and oxygen atoms in total. The standard InChI is InChI=1S/C21H21FN2O2S/c1-14-17(9-6-10-19(14)27(23,25)26)20-18(15-7-4-3-5-8-15)12-11-16(13-24-2)21(20)22/h3-12,24H,13H2,1-2H3,(H2,23,25,26). The zero-order chi connectivity index (χ0) is 19.6. The second-order valence-corrected chi connectivity index (χ2v) is 7.86. The maximum Gasteiger partial charge on any atom is 0.238 e. The molecule has 0 amide bonds. The molecular formula is C21H21FN2O2S. The Balaban J connectivity index is 2.36. The van der Waals surface area contributed by atoms with Crippen molar-refractivity contribution in [1.29, 1.82) is 0 Å². The molecule has 0 atom stereocenters. The Labute approximate surface area is 158 Å². The highest BCUT2D eigenvalue weighted by Gasteiger charge is 2.21. The van der Waals surface area contributed by atoms with E-state index >= 15 is 4.39 Å². The molecule has 3 rings (SSSR count). The van der Waals surface area contributed by atoms with Crippen LogP contribution in [-0.4, -0.2) is 15.5 Å². The monoisotopic (exact) mass is 384 g/mol. The molecule has 3 aromatic carbocycles. The van der Waals surface area contributed by atoms with Crippen molar-refractivity contribution >= 4 is 10.0 Å². The van der Waals surface area contributed by atoms with Gasteiger partial charge in [0.1, 0.15) is 5.82 Å². The van der Waals surface area contributed by atoms with Crippen molar-refractivity contribution in [1.82, 2.24) is 5.32 Å². The third-order valence-electron chi connectivity index (χ3n) is 4.53. The van der Waals surface area contributed by atoms with Crippen molar-refractivity contribution in [3.8, 4) is 22.3 Å². The highest BCUT2D eigenvalue weighted by molar-refractivity contribution is 7.89. The van der Waals surface area contributed by atoms with E-state index in [0.717, 1.165) is 5.56 Å². The molecule has 0 aromatic heterocycles. The largest absolute Gasteiger partial charge is 0.316 e. The van der Waals surface area contributed by atoms with E-state index in [1.54, 1.807) is 32.2 Å². The van der Waals surface area contributed by atoms with E-state index in [1.807, 2.05) is 36.4 Å². The van der Waals surface area contributed by atoms with Crippen molar-refractivity contribution in [3.63, 3.8) is 0 Å². The quantitative estimate of drug-likeness (QED) is 0.702. The van der Waals surface area contributed by atoms with Crippen LogP contribution >= 0.6 is 0 Å². The molecule has 0 radical (unpaired) electrons. The number of benzene rings is 3. The van der Waals surface area contributed by atoms with Crippen molar-refractivity contribution in [2.24, 2.45) is 5.14 Å². The zero-order valence-electron chi connectivity index (χ0n) is 15.2. The van der Waals surface area contributed by atoms with Crippen molar-refractivity contribution in [3.05, 3.63) is 77.6 Å². The summed E-state index contributed by atoms with van der Waals surface area (Å²) in [5, 5.41) is 8.29. The smallest absolute Gasteiger partial charge is 0.238 e. The van der Waals surface area contributed by atoms with Gasteiger partial charge < -0.3 is 5.32 Å². The van der Waals surface area contributed by atoms with Crippen LogP contribution in [-0.2, 0) is 16.6 Å². The van der Waals surface area contributed by atoms with E-state index in [1.165, 1.54) is 6.07 Å². The molecule has 0 saturated carbocycles. The SMILES string of the molecule is CNCc1ccc(-c2ccccc2)c(-c2cccc(S(N)(=O)=O)c2C)c1F. The first-order valence-corrected chi connectivity index (χ1v) is 10.0. The van der Waals surface area contributed by atoms with Gasteiger partial charge in [0.25, 0.3) is 0 Å². The van der Waals surface area contributed by atoms with Crippen LogP contribution in [0.25, 0.3) is 22.3 Å². The Hall–Kier alpha value is -2.54. The van der Waals surface area contributed by atoms with Crippen LogP contribution < -0.4 is 10.5 Å². The fraction of sp³-hybridized carbons (Fsp3) is 0.143. The van der Waals surface area contributed by atoms with Crippen LogP contribution in [0.3, 0.4) is 0 Å². The zero-order valence-corrected chi connectivity index (χ0v) is 16.0. The van der Waals surface area contributed by atoms with Crippen LogP contribution in [0, 0.1) is 12.7 Å². The first-order chi connectivity index (χ1) is 12.8. The van der Waals surface area contributed by atoms with Crippen LogP contribution in [0.4, 0.5) is 4.39 Å². The molecule has 0 heterocycles. The first-order valence-electron chi connectivity index (χ1n) is 8.48. The molecule has 27 heavy (non-hydrogen) atoms. The maximum atomic E-state index is 15.5. The number of halogens is 1. The summed E-state index contributed by atoms with van der Waals surface area (Å²) in [6, 6.07) is 17.8. The number of nitrogens with two attached hydrogens (primary N) is 1. The average Bonchev–Trinajstić information content (AvgIpc) is 2.64. The lowest BCUT2D eigenvalue weighted by atomic mass is 9.90. The van der Waals surface area contributed by atoms with Gasteiger partial charge in [-0.15, -0.1) is 0 Å². The van der Waals surface area contributed by atoms with Gasteiger partial charge in [-0.05, 0) is 42.3 Å². The summed E-state index contributed by atoms with van der Waals surface area (Å²) in [6.45, 7) is 2.01. The molecule has 0 aliphatic rings. The maximum absolute atomic E-state index is 15.5. The number of sulfonamides is 1. The normalized spacial score (nSPS) is 11.6. The second kappa shape index (κ2) is 7.60. The summed E-state index contributed by atoms with van der Waals surface area (Å²) >= 11 is 0. The van der Waals surface area contributed by atoms with Gasteiger partial charge in [0.15, 0.2) is 0 Å². The lowest BCUT2D eigenvalue weighted by Gasteiger charge is -2.17. The Morgan fingerprint density at radius 3 is 2.30 bits per heavy atom. The molecule has 140 valence electrons. The molecule has 0 spiro atoms. The van der Waals surface area contributed by atoms with E-state index in [4.69, 9.17) is 5.14 Å². The van der Waals surface area contributed by atoms with Crippen molar-refractivity contribution in [2.45, 2.75) is 18.4 Å². The van der Waals surface area contributed by atoms with Gasteiger partial charge in [0.2, 0.25) is 10.0 Å². The summed E-state index contributed by atoms with van der Waals surface area (Å²) in [5.74, 6) is -0.375. The molecule has 0 saturated heterocycles. The molecule has 3 aromatic rings. The van der Waals surface area contributed by atoms with Gasteiger partial charge in [-0.25, -0.2) is 17.9 Å². The van der Waals surface area contributed by atoms with Gasteiger partial charge in [-0.1, -0.05) is 54.6 Å². The predicted molar refractivity (Wildman–Crippen MR) is 106 cm³/mol. The second-order valence-electron chi connectivity index (χ2n) is 6.33. The van der Waals surface area contributed by atoms with Gasteiger partial charge >= 0.3 is 0 Å². The Kier molecular flexibility index (Phi) is 5.41. The minimum absolute atomic E-state index is 0.00238. The fourth-order valence-corrected chi connectivity index (χ4v) is 4.07. The van der Waals surface area contributed by atoms with Crippen LogP contribution in [0.5, 0.6) is 0 Å². The lowest BCUT2D eigenvalue weighted by molar-refractivity contribution is 0.596. The summed E-state index contributed by atoms with van der Waals surface area (Å²) < 4.78 is 39.3. The highest BCUT2D eigenvalue weighted by Crippen LogP contribution is 2.38. The molecule has 0 bridgehead atoms. The number of primary sulfonamides is 1. The number of nitrogens with one attached hydrogen (secondary N) is 1. The third-order valence-corrected chi connectivity index (χ3v) is 5.59. The molecule has 0 aliphatic carbocycles. The molecule has 0 unspecified atom stereocenters. The molecule has 0 fully saturated rings. The third kappa shape index (κ3) is 3.78. The lowest BCUT2D eigenvalue weighted by Crippen LogP contribution is -2.14. The summed E-state index contributed by atoms with van der Waals surface area (Å²) in [5.41, 5.74) is 3.36. The van der Waals surface area contributed by atoms with Gasteiger partial charge in [-0.2, -0.15) is 0 Å². The van der Waals surface area contributed by atoms with Crippen LogP contribution in [0.2, 0.25) is 0 Å². The Morgan fingerprint density at radius 1 is 0.963 bits per heavy atom. The van der Waals surface area contributed by atoms with E-state index < -0.39 is 10.0 Å². The van der Waals surface area contributed by atoms with Crippen LogP contribution in [0.1, 0.15) is 11.1 Å². The van der Waals surface area contributed by atoms with Crippen molar-refractivity contribution < 1.29 is 12.8 Å². The first kappa shape index (κ1) is 19.2. The minimum Gasteiger partial charge on any atom is -0.316 e. The molecule has 6 heteroatoms. The average molecular weight is 384 g/mol. The molecule has 3 N–H and O–H groups in total. The fourth-order valence-electron chi connectivity index (χ4n) is 3.26. The summed E-state index contributed by atoms with van der Waals surface area (Å²) in [4.78, 5) is -0.00238. The number of hydrogen-bond donors (Lipinski definition) is 2. The van der Waals surface area contributed by atoms with Gasteiger partial charge in [0.05, 0.1) is 4.90 Å². The molecular weight excluding hydrogens is 363 g/mol. The number of rotatable bonds is 5.